The van der Waals surface area contributed by atoms with Crippen LogP contribution in [0.5, 0.6) is 5.88 Å². The Morgan fingerprint density at radius 1 is 1.24 bits per heavy atom. The summed E-state index contributed by atoms with van der Waals surface area (Å²) in [6.45, 7) is 0. The lowest BCUT2D eigenvalue weighted by Crippen LogP contribution is -2.09. The number of halogens is 3. The number of methoxy groups -OCH3 is 1. The fourth-order valence-corrected chi connectivity index (χ4v) is 1.48. The molecule has 6 heteroatoms. The highest BCUT2D eigenvalue weighted by molar-refractivity contribution is 5.43. The van der Waals surface area contributed by atoms with Crippen LogP contribution in [0.3, 0.4) is 0 Å². The Kier molecular flexibility index (Phi) is 2.79. The molecule has 0 fully saturated rings. The highest BCUT2D eigenvalue weighted by Crippen LogP contribution is 2.33. The highest BCUT2D eigenvalue weighted by Gasteiger charge is 2.33. The Hall–Kier alpha value is -1.98. The summed E-state index contributed by atoms with van der Waals surface area (Å²) in [5, 5.41) is 0. The predicted octanol–water partition coefficient (Wildman–Crippen LogP) is 2.90. The number of nitrogens with zero attached hydrogens (tertiary/aromatic N) is 2. The summed E-state index contributed by atoms with van der Waals surface area (Å²) in [6, 6.07) is 5.29. The quantitative estimate of drug-likeness (QED) is 0.809. The topological polar surface area (TPSA) is 27.1 Å². The minimum absolute atomic E-state index is 0.0239. The molecule has 0 aliphatic heterocycles. The van der Waals surface area contributed by atoms with Crippen LogP contribution in [-0.2, 0) is 6.18 Å². The maximum atomic E-state index is 12.8. The lowest BCUT2D eigenvalue weighted by Gasteiger charge is -2.12. The minimum atomic E-state index is -4.39. The van der Waals surface area contributed by atoms with Crippen LogP contribution >= 0.6 is 0 Å². The fraction of sp³-hybridized carbons (Fsp3) is 0.182. The maximum Gasteiger partial charge on any atom is 0.418 e. The smallest absolute Gasteiger partial charge is 0.418 e. The van der Waals surface area contributed by atoms with Crippen molar-refractivity contribution in [3.63, 3.8) is 0 Å². The molecule has 0 saturated heterocycles. The number of benzene rings is 1. The molecule has 0 saturated carbocycles. The summed E-state index contributed by atoms with van der Waals surface area (Å²) in [6.07, 6.45) is -1.72. The van der Waals surface area contributed by atoms with Crippen LogP contribution in [0.25, 0.3) is 5.69 Å². The number of para-hydroxylation sites is 1. The average molecular weight is 242 g/mol. The third kappa shape index (κ3) is 2.25. The zero-order valence-electron chi connectivity index (χ0n) is 8.90. The highest BCUT2D eigenvalue weighted by atomic mass is 19.4. The number of hydrogen-bond acceptors (Lipinski definition) is 2. The van der Waals surface area contributed by atoms with E-state index in [9.17, 15) is 13.2 Å². The Morgan fingerprint density at radius 2 is 1.94 bits per heavy atom. The number of ether oxygens (including phenoxy) is 1. The second-order valence-corrected chi connectivity index (χ2v) is 3.34. The molecule has 1 aromatic heterocycles. The summed E-state index contributed by atoms with van der Waals surface area (Å²) < 4.78 is 44.4. The van der Waals surface area contributed by atoms with Crippen LogP contribution in [-0.4, -0.2) is 16.7 Å². The lowest BCUT2D eigenvalue weighted by molar-refractivity contribution is -0.137. The molecule has 0 bridgehead atoms. The van der Waals surface area contributed by atoms with Gasteiger partial charge in [0.1, 0.15) is 6.33 Å². The molecule has 0 aliphatic rings. The van der Waals surface area contributed by atoms with Crippen molar-refractivity contribution in [1.29, 1.82) is 0 Å². The lowest BCUT2D eigenvalue weighted by atomic mass is 10.1. The van der Waals surface area contributed by atoms with Crippen molar-refractivity contribution in [1.82, 2.24) is 9.55 Å². The molecule has 0 N–H and O–H groups in total. The molecule has 0 atom stereocenters. The van der Waals surface area contributed by atoms with Crippen LogP contribution < -0.4 is 4.74 Å². The van der Waals surface area contributed by atoms with Gasteiger partial charge in [-0.1, -0.05) is 12.1 Å². The molecule has 0 unspecified atom stereocenters. The molecule has 3 nitrogen and oxygen atoms in total. The summed E-state index contributed by atoms with van der Waals surface area (Å²) in [5.74, 6) is 0.266. The third-order valence-corrected chi connectivity index (χ3v) is 2.26. The van der Waals surface area contributed by atoms with Crippen molar-refractivity contribution in [2.75, 3.05) is 7.11 Å². The predicted molar refractivity (Wildman–Crippen MR) is 55.1 cm³/mol. The van der Waals surface area contributed by atoms with Crippen LogP contribution in [0.4, 0.5) is 13.2 Å². The van der Waals surface area contributed by atoms with E-state index in [0.717, 1.165) is 6.07 Å². The largest absolute Gasteiger partial charge is 0.480 e. The molecule has 90 valence electrons. The summed E-state index contributed by atoms with van der Waals surface area (Å²) >= 11 is 0. The van der Waals surface area contributed by atoms with Crippen molar-refractivity contribution in [3.8, 4) is 11.6 Å². The van der Waals surface area contributed by atoms with Crippen molar-refractivity contribution < 1.29 is 17.9 Å². The van der Waals surface area contributed by atoms with E-state index >= 15 is 0 Å². The number of imidazole rings is 1. The van der Waals surface area contributed by atoms with Crippen molar-refractivity contribution >= 4 is 0 Å². The molecular weight excluding hydrogens is 233 g/mol. The van der Waals surface area contributed by atoms with Gasteiger partial charge in [-0.15, -0.1) is 0 Å². The minimum Gasteiger partial charge on any atom is -0.480 e. The van der Waals surface area contributed by atoms with Crippen molar-refractivity contribution in [2.45, 2.75) is 6.18 Å². The second-order valence-electron chi connectivity index (χ2n) is 3.34. The average Bonchev–Trinajstić information content (AvgIpc) is 2.76. The van der Waals surface area contributed by atoms with Gasteiger partial charge in [0.05, 0.1) is 24.6 Å². The van der Waals surface area contributed by atoms with Crippen molar-refractivity contribution in [2.24, 2.45) is 0 Å². The molecule has 0 amide bonds. The first-order valence-corrected chi connectivity index (χ1v) is 4.77. The van der Waals surface area contributed by atoms with Gasteiger partial charge in [0, 0.05) is 0 Å². The summed E-state index contributed by atoms with van der Waals surface area (Å²) in [4.78, 5) is 3.81. The Balaban J connectivity index is 2.52. The van der Waals surface area contributed by atoms with Crippen LogP contribution in [0.2, 0.25) is 0 Å². The van der Waals surface area contributed by atoms with Gasteiger partial charge in [0.2, 0.25) is 5.88 Å². The molecule has 2 rings (SSSR count). The van der Waals surface area contributed by atoms with E-state index in [1.165, 1.54) is 42.4 Å². The maximum absolute atomic E-state index is 12.8. The van der Waals surface area contributed by atoms with Crippen LogP contribution in [0, 0.1) is 0 Å². The van der Waals surface area contributed by atoms with Crippen LogP contribution in [0.1, 0.15) is 5.56 Å². The number of alkyl halides is 3. The first-order chi connectivity index (χ1) is 8.02. The van der Waals surface area contributed by atoms with Crippen molar-refractivity contribution in [3.05, 3.63) is 42.4 Å². The zero-order chi connectivity index (χ0) is 12.5. The van der Waals surface area contributed by atoms with E-state index in [1.54, 1.807) is 0 Å². The number of hydrogen-bond donors (Lipinski definition) is 0. The van der Waals surface area contributed by atoms with Gasteiger partial charge >= 0.3 is 6.18 Å². The molecule has 17 heavy (non-hydrogen) atoms. The Labute approximate surface area is 95.5 Å². The molecule has 2 aromatic rings. The van der Waals surface area contributed by atoms with E-state index in [1.807, 2.05) is 0 Å². The molecule has 0 radical (unpaired) electrons. The van der Waals surface area contributed by atoms with E-state index < -0.39 is 11.7 Å². The van der Waals surface area contributed by atoms with E-state index in [-0.39, 0.29) is 11.6 Å². The fourth-order valence-electron chi connectivity index (χ4n) is 1.48. The van der Waals surface area contributed by atoms with Gasteiger partial charge in [0.25, 0.3) is 0 Å². The van der Waals surface area contributed by atoms with Gasteiger partial charge < -0.3 is 9.30 Å². The monoisotopic (exact) mass is 242 g/mol. The van der Waals surface area contributed by atoms with Gasteiger partial charge in [-0.2, -0.15) is 13.2 Å². The molecule has 0 aliphatic carbocycles. The van der Waals surface area contributed by atoms with E-state index in [4.69, 9.17) is 4.74 Å². The summed E-state index contributed by atoms with van der Waals surface area (Å²) in [5.41, 5.74) is -0.684. The van der Waals surface area contributed by atoms with E-state index in [0.29, 0.717) is 0 Å². The molecule has 1 heterocycles. The SMILES string of the molecule is COc1cn(-c2ccccc2C(F)(F)F)cn1. The standard InChI is InChI=1S/C11H9F3N2O/c1-17-10-6-16(7-15-10)9-5-3-2-4-8(9)11(12,13)14/h2-7H,1H3. The molecule has 1 aromatic carbocycles. The first-order valence-electron chi connectivity index (χ1n) is 4.77. The van der Waals surface area contributed by atoms with Gasteiger partial charge in [-0.25, -0.2) is 4.98 Å². The first kappa shape index (κ1) is 11.5. The van der Waals surface area contributed by atoms with Gasteiger partial charge in [-0.05, 0) is 12.1 Å². The number of aromatic nitrogens is 2. The van der Waals surface area contributed by atoms with E-state index in [2.05, 4.69) is 4.98 Å². The molecular formula is C11H9F3N2O. The molecule has 0 spiro atoms. The Morgan fingerprint density at radius 3 is 2.53 bits per heavy atom. The zero-order valence-corrected chi connectivity index (χ0v) is 8.90. The van der Waals surface area contributed by atoms with Gasteiger partial charge in [-0.3, -0.25) is 0 Å². The second kappa shape index (κ2) is 4.12. The normalized spacial score (nSPS) is 11.5. The summed E-state index contributed by atoms with van der Waals surface area (Å²) in [7, 11) is 1.41. The van der Waals surface area contributed by atoms with Crippen LogP contribution in [0.15, 0.2) is 36.8 Å². The Bertz CT molecular complexity index is 519. The third-order valence-electron chi connectivity index (χ3n) is 2.26. The van der Waals surface area contributed by atoms with Gasteiger partial charge in [0.15, 0.2) is 0 Å². The number of rotatable bonds is 2.